The van der Waals surface area contributed by atoms with Crippen LogP contribution in [0.4, 0.5) is 0 Å². The van der Waals surface area contributed by atoms with Gasteiger partial charge >= 0.3 is 0 Å². The fourth-order valence-electron chi connectivity index (χ4n) is 3.94. The third-order valence-corrected chi connectivity index (χ3v) is 5.91. The first-order chi connectivity index (χ1) is 16.7. The van der Waals surface area contributed by atoms with Crippen molar-refractivity contribution in [2.24, 2.45) is 0 Å². The summed E-state index contributed by atoms with van der Waals surface area (Å²) in [5.74, 6) is 1.00. The van der Waals surface area contributed by atoms with Crippen molar-refractivity contribution in [3.8, 4) is 11.5 Å². The molecule has 3 nitrogen and oxygen atoms in total. The Hall–Kier alpha value is -3.53. The molecular weight excluding hydrogens is 444 g/mol. The molecule has 0 radical (unpaired) electrons. The van der Waals surface area contributed by atoms with E-state index in [4.69, 9.17) is 21.1 Å². The van der Waals surface area contributed by atoms with Crippen molar-refractivity contribution in [1.29, 1.82) is 0 Å². The van der Waals surface area contributed by atoms with E-state index >= 15 is 0 Å². The second-order valence-electron chi connectivity index (χ2n) is 7.89. The van der Waals surface area contributed by atoms with Gasteiger partial charge in [-0.05, 0) is 64.6 Å². The summed E-state index contributed by atoms with van der Waals surface area (Å²) in [7, 11) is 1.65. The largest absolute Gasteiger partial charge is 0.507 e. The summed E-state index contributed by atoms with van der Waals surface area (Å²) < 4.78 is 11.4. The summed E-state index contributed by atoms with van der Waals surface area (Å²) in [5.41, 5.74) is 5.93. The number of aromatic hydroxyl groups is 1. The molecule has 0 aromatic heterocycles. The van der Waals surface area contributed by atoms with Gasteiger partial charge in [-0.25, -0.2) is 0 Å². The predicted octanol–water partition coefficient (Wildman–Crippen LogP) is 7.62. The lowest BCUT2D eigenvalue weighted by Crippen LogP contribution is -2.01. The van der Waals surface area contributed by atoms with Crippen molar-refractivity contribution >= 4 is 22.7 Å². The monoisotopic (exact) mass is 470 g/mol. The number of benzene rings is 4. The summed E-state index contributed by atoms with van der Waals surface area (Å²) >= 11 is 6.19. The number of hydrogen-bond donors (Lipinski definition) is 1. The van der Waals surface area contributed by atoms with Crippen molar-refractivity contribution in [3.63, 3.8) is 0 Å². The van der Waals surface area contributed by atoms with E-state index in [-0.39, 0.29) is 5.75 Å². The van der Waals surface area contributed by atoms with Gasteiger partial charge in [-0.15, -0.1) is 0 Å². The van der Waals surface area contributed by atoms with Gasteiger partial charge in [0, 0.05) is 10.6 Å². The number of methoxy groups -OCH3 is 1. The van der Waals surface area contributed by atoms with Gasteiger partial charge in [-0.3, -0.25) is 0 Å². The van der Waals surface area contributed by atoms with Gasteiger partial charge in [0.1, 0.15) is 11.5 Å². The Morgan fingerprint density at radius 1 is 0.765 bits per heavy atom. The fourth-order valence-corrected chi connectivity index (χ4v) is 4.06. The quantitative estimate of drug-likeness (QED) is 0.202. The maximum Gasteiger partial charge on any atom is 0.123 e. The Morgan fingerprint density at radius 3 is 2.09 bits per heavy atom. The van der Waals surface area contributed by atoms with E-state index in [1.165, 1.54) is 0 Å². The zero-order chi connectivity index (χ0) is 23.8. The van der Waals surface area contributed by atoms with Crippen LogP contribution >= 0.6 is 11.6 Å². The molecule has 0 saturated heterocycles. The molecule has 0 aliphatic rings. The van der Waals surface area contributed by atoms with Crippen molar-refractivity contribution in [2.45, 2.75) is 13.0 Å². The Morgan fingerprint density at radius 2 is 1.41 bits per heavy atom. The Balaban J connectivity index is 1.77. The lowest BCUT2D eigenvalue weighted by Gasteiger charge is -2.19. The van der Waals surface area contributed by atoms with Crippen LogP contribution in [0.2, 0.25) is 5.02 Å². The van der Waals surface area contributed by atoms with Crippen molar-refractivity contribution in [3.05, 3.63) is 130 Å². The molecule has 4 aromatic rings. The number of rotatable bonds is 9. The van der Waals surface area contributed by atoms with E-state index in [9.17, 15) is 5.11 Å². The smallest absolute Gasteiger partial charge is 0.123 e. The summed E-state index contributed by atoms with van der Waals surface area (Å²) in [6, 6.07) is 33.2. The number of phenolic OH excluding ortho intramolecular Hbond substituents is 1. The average Bonchev–Trinajstić information content (AvgIpc) is 2.88. The molecule has 0 atom stereocenters. The average molecular weight is 471 g/mol. The van der Waals surface area contributed by atoms with Crippen molar-refractivity contribution < 1.29 is 14.6 Å². The molecule has 0 aliphatic heterocycles. The molecule has 172 valence electrons. The third kappa shape index (κ3) is 5.88. The second-order valence-corrected chi connectivity index (χ2v) is 8.33. The summed E-state index contributed by atoms with van der Waals surface area (Å²) in [6.07, 6.45) is 0.657. The first-order valence-electron chi connectivity index (χ1n) is 11.2. The molecule has 0 aliphatic carbocycles. The van der Waals surface area contributed by atoms with Gasteiger partial charge in [-0.2, -0.15) is 0 Å². The number of halogens is 1. The van der Waals surface area contributed by atoms with Crippen LogP contribution < -0.4 is 4.74 Å². The molecule has 0 saturated carbocycles. The maximum absolute atomic E-state index is 10.8. The molecule has 1 N–H and O–H groups in total. The standard InChI is InChI=1S/C30H27ClO3/c1-33-26-17-13-24(14-18-26)30(28-9-5-6-10-29(28)32)27(23-11-15-25(31)16-12-23)19-20-34-21-22-7-3-2-4-8-22/h2-18,32H,19-21H2,1H3/b30-27-. The van der Waals surface area contributed by atoms with Gasteiger partial charge in [-0.1, -0.05) is 84.4 Å². The lowest BCUT2D eigenvalue weighted by molar-refractivity contribution is 0.126. The van der Waals surface area contributed by atoms with E-state index in [1.807, 2.05) is 84.9 Å². The van der Waals surface area contributed by atoms with Crippen LogP contribution in [0.1, 0.15) is 28.7 Å². The van der Waals surface area contributed by atoms with E-state index in [1.54, 1.807) is 13.2 Å². The summed E-state index contributed by atoms with van der Waals surface area (Å²) in [6.45, 7) is 1.07. The van der Waals surface area contributed by atoms with Gasteiger partial charge in [0.25, 0.3) is 0 Å². The molecule has 0 fully saturated rings. The minimum absolute atomic E-state index is 0.227. The molecule has 0 unspecified atom stereocenters. The third-order valence-electron chi connectivity index (χ3n) is 5.65. The highest BCUT2D eigenvalue weighted by Crippen LogP contribution is 2.39. The Kier molecular flexibility index (Phi) is 8.03. The van der Waals surface area contributed by atoms with Crippen LogP contribution in [0, 0.1) is 0 Å². The van der Waals surface area contributed by atoms with Gasteiger partial charge in [0.2, 0.25) is 0 Å². The van der Waals surface area contributed by atoms with Crippen LogP contribution in [-0.2, 0) is 11.3 Å². The topological polar surface area (TPSA) is 38.7 Å². The number of hydrogen-bond acceptors (Lipinski definition) is 3. The van der Waals surface area contributed by atoms with Gasteiger partial charge in [0.15, 0.2) is 0 Å². The Bertz CT molecular complexity index is 1230. The fraction of sp³-hybridized carbons (Fsp3) is 0.133. The molecule has 4 heteroatoms. The highest BCUT2D eigenvalue weighted by Gasteiger charge is 2.17. The minimum Gasteiger partial charge on any atom is -0.507 e. The molecule has 0 bridgehead atoms. The molecule has 34 heavy (non-hydrogen) atoms. The van der Waals surface area contributed by atoms with E-state index < -0.39 is 0 Å². The zero-order valence-corrected chi connectivity index (χ0v) is 19.8. The predicted molar refractivity (Wildman–Crippen MR) is 139 cm³/mol. The molecular formula is C30H27ClO3. The molecule has 0 amide bonds. The van der Waals surface area contributed by atoms with Crippen molar-refractivity contribution in [1.82, 2.24) is 0 Å². The first-order valence-corrected chi connectivity index (χ1v) is 11.6. The number of phenols is 1. The van der Waals surface area contributed by atoms with E-state index in [0.717, 1.165) is 39.1 Å². The summed E-state index contributed by atoms with van der Waals surface area (Å²) in [4.78, 5) is 0. The maximum atomic E-state index is 10.8. The molecule has 4 rings (SSSR count). The highest BCUT2D eigenvalue weighted by molar-refractivity contribution is 6.30. The molecule has 4 aromatic carbocycles. The number of ether oxygens (including phenoxy) is 2. The number of para-hydroxylation sites is 1. The van der Waals surface area contributed by atoms with Crippen LogP contribution in [0.5, 0.6) is 11.5 Å². The molecule has 0 heterocycles. The lowest BCUT2D eigenvalue weighted by atomic mass is 9.87. The van der Waals surface area contributed by atoms with Crippen LogP contribution in [-0.4, -0.2) is 18.8 Å². The van der Waals surface area contributed by atoms with Crippen LogP contribution in [0.25, 0.3) is 11.1 Å². The van der Waals surface area contributed by atoms with Crippen LogP contribution in [0.3, 0.4) is 0 Å². The minimum atomic E-state index is 0.227. The summed E-state index contributed by atoms with van der Waals surface area (Å²) in [5, 5.41) is 11.5. The highest BCUT2D eigenvalue weighted by atomic mass is 35.5. The molecule has 0 spiro atoms. The van der Waals surface area contributed by atoms with Gasteiger partial charge < -0.3 is 14.6 Å². The van der Waals surface area contributed by atoms with E-state index in [2.05, 4.69) is 12.1 Å². The van der Waals surface area contributed by atoms with Gasteiger partial charge in [0.05, 0.1) is 20.3 Å². The SMILES string of the molecule is COc1ccc(/C(=C(\CCOCc2ccccc2)c2ccc(Cl)cc2)c2ccccc2O)cc1. The first kappa shape index (κ1) is 23.6. The van der Waals surface area contributed by atoms with E-state index in [0.29, 0.717) is 24.7 Å². The van der Waals surface area contributed by atoms with Crippen molar-refractivity contribution in [2.75, 3.05) is 13.7 Å². The normalized spacial score (nSPS) is 11.7. The second kappa shape index (κ2) is 11.6. The van der Waals surface area contributed by atoms with Crippen LogP contribution in [0.15, 0.2) is 103 Å². The zero-order valence-electron chi connectivity index (χ0n) is 19.1. The Labute approximate surface area is 205 Å².